The number of nitrogens with one attached hydrogen (secondary N) is 1. The van der Waals surface area contributed by atoms with Crippen molar-refractivity contribution in [1.29, 1.82) is 0 Å². The third-order valence-corrected chi connectivity index (χ3v) is 5.85. The van der Waals surface area contributed by atoms with Crippen LogP contribution in [0, 0.1) is 17.0 Å². The summed E-state index contributed by atoms with van der Waals surface area (Å²) in [6.45, 7) is 2.62. The van der Waals surface area contributed by atoms with E-state index < -0.39 is 16.5 Å². The van der Waals surface area contributed by atoms with Crippen molar-refractivity contribution in [1.82, 2.24) is 10.1 Å². The number of aryl methyl sites for hydroxylation is 1. The molecule has 3 heterocycles. The van der Waals surface area contributed by atoms with E-state index in [1.165, 1.54) is 31.6 Å². The fourth-order valence-electron chi connectivity index (χ4n) is 3.32. The first-order valence-corrected chi connectivity index (χ1v) is 9.99. The molecule has 0 unspecified atom stereocenters. The van der Waals surface area contributed by atoms with Crippen molar-refractivity contribution in [3.63, 3.8) is 0 Å². The molecule has 12 heteroatoms. The highest BCUT2D eigenvalue weighted by molar-refractivity contribution is 7.17. The van der Waals surface area contributed by atoms with E-state index in [0.717, 1.165) is 16.5 Å². The number of hydrogen-bond donors (Lipinski definition) is 1. The SMILES string of the molecule is COc1cc(C(=O)Nc2sc3c(c2-c2nc(C)no2)CCOC3)c([N+](=O)[O-])cc1OC. The maximum absolute atomic E-state index is 13.1. The predicted molar refractivity (Wildman–Crippen MR) is 110 cm³/mol. The quantitative estimate of drug-likeness (QED) is 0.446. The van der Waals surface area contributed by atoms with Gasteiger partial charge in [0, 0.05) is 10.9 Å². The molecule has 0 saturated carbocycles. The number of fused-ring (bicyclic) bond motifs is 1. The molecule has 31 heavy (non-hydrogen) atoms. The number of thiophene rings is 1. The van der Waals surface area contributed by atoms with E-state index in [4.69, 9.17) is 18.7 Å². The van der Waals surface area contributed by atoms with Gasteiger partial charge in [0.05, 0.1) is 44.0 Å². The molecule has 162 valence electrons. The van der Waals surface area contributed by atoms with Crippen molar-refractivity contribution < 1.29 is 28.5 Å². The average molecular weight is 446 g/mol. The molecule has 4 rings (SSSR count). The lowest BCUT2D eigenvalue weighted by molar-refractivity contribution is -0.385. The number of nitro benzene ring substituents is 1. The Morgan fingerprint density at radius 1 is 1.29 bits per heavy atom. The van der Waals surface area contributed by atoms with E-state index in [1.54, 1.807) is 6.92 Å². The molecule has 11 nitrogen and oxygen atoms in total. The lowest BCUT2D eigenvalue weighted by Gasteiger charge is -2.12. The van der Waals surface area contributed by atoms with E-state index >= 15 is 0 Å². The summed E-state index contributed by atoms with van der Waals surface area (Å²) >= 11 is 1.31. The lowest BCUT2D eigenvalue weighted by Crippen LogP contribution is -2.14. The molecule has 2 aromatic heterocycles. The Kier molecular flexibility index (Phi) is 5.57. The van der Waals surface area contributed by atoms with Crippen molar-refractivity contribution in [2.75, 3.05) is 26.1 Å². The van der Waals surface area contributed by atoms with Crippen LogP contribution in [-0.2, 0) is 17.8 Å². The monoisotopic (exact) mass is 446 g/mol. The van der Waals surface area contributed by atoms with Crippen LogP contribution in [0.15, 0.2) is 16.7 Å². The topological polar surface area (TPSA) is 139 Å². The molecule has 0 bridgehead atoms. The first-order valence-electron chi connectivity index (χ1n) is 9.17. The van der Waals surface area contributed by atoms with Crippen LogP contribution >= 0.6 is 11.3 Å². The van der Waals surface area contributed by atoms with Crippen molar-refractivity contribution >= 4 is 27.9 Å². The van der Waals surface area contributed by atoms with Gasteiger partial charge >= 0.3 is 0 Å². The number of aromatic nitrogens is 2. The fourth-order valence-corrected chi connectivity index (χ4v) is 4.49. The second-order valence-corrected chi connectivity index (χ2v) is 7.70. The highest BCUT2D eigenvalue weighted by atomic mass is 32.1. The van der Waals surface area contributed by atoms with Gasteiger partial charge in [0.25, 0.3) is 17.5 Å². The van der Waals surface area contributed by atoms with Crippen LogP contribution in [0.4, 0.5) is 10.7 Å². The molecule has 1 aliphatic heterocycles. The van der Waals surface area contributed by atoms with Gasteiger partial charge in [-0.1, -0.05) is 5.16 Å². The number of nitrogens with zero attached hydrogens (tertiary/aromatic N) is 3. The number of carbonyl (C=O) groups excluding carboxylic acids is 1. The number of anilines is 1. The van der Waals surface area contributed by atoms with E-state index in [1.807, 2.05) is 0 Å². The molecule has 1 N–H and O–H groups in total. The summed E-state index contributed by atoms with van der Waals surface area (Å²) in [5.41, 5.74) is 0.991. The molecular weight excluding hydrogens is 428 g/mol. The first kappa shape index (κ1) is 20.8. The molecule has 3 aromatic rings. The standard InChI is InChI=1S/C19H18N4O7S/c1-9-20-18(30-22-9)16-10-4-5-29-8-15(10)31-19(16)21-17(24)11-6-13(27-2)14(28-3)7-12(11)23(25)26/h6-7H,4-5,8H2,1-3H3,(H,21,24). The van der Waals surface area contributed by atoms with E-state index in [-0.39, 0.29) is 23.0 Å². The number of nitro groups is 1. The molecule has 0 aliphatic carbocycles. The second kappa shape index (κ2) is 8.32. The summed E-state index contributed by atoms with van der Waals surface area (Å²) in [6, 6.07) is 2.43. The minimum absolute atomic E-state index is 0.150. The minimum atomic E-state index is -0.676. The van der Waals surface area contributed by atoms with Gasteiger partial charge in [0.2, 0.25) is 0 Å². The van der Waals surface area contributed by atoms with Gasteiger partial charge in [-0.05, 0) is 18.9 Å². The van der Waals surface area contributed by atoms with Crippen molar-refractivity contribution in [3.8, 4) is 23.0 Å². The van der Waals surface area contributed by atoms with Crippen molar-refractivity contribution in [2.45, 2.75) is 20.0 Å². The first-order chi connectivity index (χ1) is 14.9. The molecule has 0 radical (unpaired) electrons. The Balaban J connectivity index is 1.78. The van der Waals surface area contributed by atoms with Gasteiger partial charge in [0.1, 0.15) is 10.6 Å². The van der Waals surface area contributed by atoms with Gasteiger partial charge in [-0.25, -0.2) is 0 Å². The number of benzene rings is 1. The van der Waals surface area contributed by atoms with Gasteiger partial charge in [-0.15, -0.1) is 11.3 Å². The summed E-state index contributed by atoms with van der Waals surface area (Å²) in [4.78, 5) is 29.3. The molecular formula is C19H18N4O7S. The van der Waals surface area contributed by atoms with E-state index in [2.05, 4.69) is 15.5 Å². The van der Waals surface area contributed by atoms with Gasteiger partial charge < -0.3 is 24.1 Å². The van der Waals surface area contributed by atoms with Crippen LogP contribution in [0.2, 0.25) is 0 Å². The van der Waals surface area contributed by atoms with Crippen LogP contribution in [-0.4, -0.2) is 41.8 Å². The zero-order valence-corrected chi connectivity index (χ0v) is 17.7. The number of amides is 1. The summed E-state index contributed by atoms with van der Waals surface area (Å²) < 4.78 is 21.2. The smallest absolute Gasteiger partial charge is 0.286 e. The highest BCUT2D eigenvalue weighted by Crippen LogP contribution is 2.43. The summed E-state index contributed by atoms with van der Waals surface area (Å²) in [5, 5.41) is 18.6. The zero-order valence-electron chi connectivity index (χ0n) is 16.9. The van der Waals surface area contributed by atoms with Crippen molar-refractivity contribution in [2.24, 2.45) is 0 Å². The zero-order chi connectivity index (χ0) is 22.1. The molecule has 0 saturated heterocycles. The molecule has 0 atom stereocenters. The Morgan fingerprint density at radius 3 is 2.68 bits per heavy atom. The molecule has 1 amide bonds. The fraction of sp³-hybridized carbons (Fsp3) is 0.316. The predicted octanol–water partition coefficient (Wildman–Crippen LogP) is 3.36. The average Bonchev–Trinajstić information content (AvgIpc) is 3.34. The Morgan fingerprint density at radius 2 is 2.03 bits per heavy atom. The van der Waals surface area contributed by atoms with Crippen LogP contribution in [0.1, 0.15) is 26.6 Å². The largest absolute Gasteiger partial charge is 0.493 e. The van der Waals surface area contributed by atoms with Crippen LogP contribution in [0.5, 0.6) is 11.5 Å². The van der Waals surface area contributed by atoms with Crippen LogP contribution < -0.4 is 14.8 Å². The van der Waals surface area contributed by atoms with Crippen LogP contribution in [0.25, 0.3) is 11.5 Å². The highest BCUT2D eigenvalue weighted by Gasteiger charge is 2.29. The Hall–Kier alpha value is -3.51. The number of carbonyl (C=O) groups is 1. The van der Waals surface area contributed by atoms with Gasteiger partial charge in [-0.3, -0.25) is 14.9 Å². The molecule has 1 aliphatic rings. The van der Waals surface area contributed by atoms with Gasteiger partial charge in [0.15, 0.2) is 17.3 Å². The Bertz CT molecular complexity index is 1170. The van der Waals surface area contributed by atoms with E-state index in [0.29, 0.717) is 36.0 Å². The third-order valence-electron chi connectivity index (χ3n) is 4.73. The summed E-state index contributed by atoms with van der Waals surface area (Å²) in [6.07, 6.45) is 0.620. The van der Waals surface area contributed by atoms with E-state index in [9.17, 15) is 14.9 Å². The normalized spacial score (nSPS) is 12.9. The maximum atomic E-state index is 13.1. The number of ether oxygens (including phenoxy) is 3. The third kappa shape index (κ3) is 3.82. The number of hydrogen-bond acceptors (Lipinski definition) is 10. The van der Waals surface area contributed by atoms with Crippen LogP contribution in [0.3, 0.4) is 0 Å². The molecule has 1 aromatic carbocycles. The minimum Gasteiger partial charge on any atom is -0.493 e. The second-order valence-electron chi connectivity index (χ2n) is 6.59. The van der Waals surface area contributed by atoms with Gasteiger partial charge in [-0.2, -0.15) is 4.98 Å². The number of methoxy groups -OCH3 is 2. The maximum Gasteiger partial charge on any atom is 0.286 e. The Labute approximate surface area is 180 Å². The summed E-state index contributed by atoms with van der Waals surface area (Å²) in [5.74, 6) is 0.398. The van der Waals surface area contributed by atoms with Crippen molar-refractivity contribution in [3.05, 3.63) is 44.1 Å². The molecule has 0 spiro atoms. The molecule has 0 fully saturated rings. The lowest BCUT2D eigenvalue weighted by atomic mass is 10.1. The number of rotatable bonds is 6. The summed E-state index contributed by atoms with van der Waals surface area (Å²) in [7, 11) is 2.74.